The number of methoxy groups -OCH3 is 1. The van der Waals surface area contributed by atoms with E-state index in [4.69, 9.17) is 4.74 Å². The van der Waals surface area contributed by atoms with Crippen LogP contribution in [-0.4, -0.2) is 55.2 Å². The smallest absolute Gasteiger partial charge is 0.213 e. The maximum absolute atomic E-state index is 5.13. The van der Waals surface area contributed by atoms with Crippen molar-refractivity contribution >= 4 is 5.96 Å². The normalized spacial score (nSPS) is 12.1. The molecule has 1 aromatic heterocycles. The van der Waals surface area contributed by atoms with Crippen LogP contribution in [0.4, 0.5) is 0 Å². The Morgan fingerprint density at radius 1 is 1.26 bits per heavy atom. The summed E-state index contributed by atoms with van der Waals surface area (Å²) in [7, 11) is 3.40. The molecule has 0 aliphatic rings. The maximum Gasteiger partial charge on any atom is 0.213 e. The van der Waals surface area contributed by atoms with E-state index in [2.05, 4.69) is 53.2 Å². The van der Waals surface area contributed by atoms with Crippen LogP contribution in [0.2, 0.25) is 0 Å². The summed E-state index contributed by atoms with van der Waals surface area (Å²) >= 11 is 0. The van der Waals surface area contributed by atoms with Gasteiger partial charge in [0, 0.05) is 51.0 Å². The van der Waals surface area contributed by atoms with Gasteiger partial charge in [-0.15, -0.1) is 0 Å². The van der Waals surface area contributed by atoms with Crippen molar-refractivity contribution in [2.24, 2.45) is 4.99 Å². The van der Waals surface area contributed by atoms with Gasteiger partial charge < -0.3 is 15.4 Å². The molecule has 0 aliphatic heterocycles. The van der Waals surface area contributed by atoms with E-state index in [0.29, 0.717) is 24.5 Å². The van der Waals surface area contributed by atoms with Crippen LogP contribution in [-0.2, 0) is 6.54 Å². The third-order valence-electron chi connectivity index (χ3n) is 3.68. The predicted octanol–water partition coefficient (Wildman–Crippen LogP) is 1.87. The summed E-state index contributed by atoms with van der Waals surface area (Å²) in [5.41, 5.74) is 1.10. The van der Waals surface area contributed by atoms with Gasteiger partial charge in [0.15, 0.2) is 5.96 Å². The standard InChI is InChI=1S/C17H31N5O/c1-13(2)22(14(3)4)10-9-20-17(18-5)21-12-15-7-8-19-16(11-15)23-6/h7-8,11,13-14H,9-10,12H2,1-6H3,(H2,18,20,21). The second kappa shape index (κ2) is 10.0. The Morgan fingerprint density at radius 3 is 2.52 bits per heavy atom. The lowest BCUT2D eigenvalue weighted by molar-refractivity contribution is 0.178. The largest absolute Gasteiger partial charge is 0.481 e. The van der Waals surface area contributed by atoms with Gasteiger partial charge in [-0.25, -0.2) is 4.98 Å². The minimum atomic E-state index is 0.538. The second-order valence-electron chi connectivity index (χ2n) is 5.98. The van der Waals surface area contributed by atoms with Crippen molar-refractivity contribution in [3.05, 3.63) is 23.9 Å². The Morgan fingerprint density at radius 2 is 1.96 bits per heavy atom. The highest BCUT2D eigenvalue weighted by Crippen LogP contribution is 2.08. The zero-order chi connectivity index (χ0) is 17.2. The summed E-state index contributed by atoms with van der Waals surface area (Å²) in [5, 5.41) is 6.67. The SMILES string of the molecule is CN=C(NCCN(C(C)C)C(C)C)NCc1ccnc(OC)c1. The molecular formula is C17H31N5O. The van der Waals surface area contributed by atoms with Gasteiger partial charge in [0.25, 0.3) is 0 Å². The molecule has 0 saturated heterocycles. The summed E-state index contributed by atoms with van der Waals surface area (Å²) in [4.78, 5) is 10.8. The van der Waals surface area contributed by atoms with Crippen molar-refractivity contribution < 1.29 is 4.74 Å². The molecule has 2 N–H and O–H groups in total. The van der Waals surface area contributed by atoms with E-state index in [-0.39, 0.29) is 0 Å². The second-order valence-corrected chi connectivity index (χ2v) is 5.98. The summed E-state index contributed by atoms with van der Waals surface area (Å²) in [6.45, 7) is 11.4. The van der Waals surface area contributed by atoms with Gasteiger partial charge in [0.2, 0.25) is 5.88 Å². The van der Waals surface area contributed by atoms with Gasteiger partial charge in [-0.2, -0.15) is 0 Å². The van der Waals surface area contributed by atoms with E-state index in [1.54, 1.807) is 20.4 Å². The number of pyridine rings is 1. The van der Waals surface area contributed by atoms with Gasteiger partial charge in [0.1, 0.15) is 0 Å². The fraction of sp³-hybridized carbons (Fsp3) is 0.647. The number of hydrogen-bond donors (Lipinski definition) is 2. The van der Waals surface area contributed by atoms with E-state index >= 15 is 0 Å². The predicted molar refractivity (Wildman–Crippen MR) is 96.0 cm³/mol. The Hall–Kier alpha value is -1.82. The van der Waals surface area contributed by atoms with Gasteiger partial charge in [0.05, 0.1) is 7.11 Å². The molecule has 6 nitrogen and oxygen atoms in total. The molecule has 1 rings (SSSR count). The number of nitrogens with one attached hydrogen (secondary N) is 2. The Kier molecular flexibility index (Phi) is 8.40. The Balaban J connectivity index is 2.43. The molecule has 0 saturated carbocycles. The van der Waals surface area contributed by atoms with Gasteiger partial charge in [-0.1, -0.05) is 0 Å². The van der Waals surface area contributed by atoms with Crippen molar-refractivity contribution in [2.45, 2.75) is 46.3 Å². The molecule has 0 fully saturated rings. The van der Waals surface area contributed by atoms with E-state index in [1.165, 1.54) is 0 Å². The molecule has 0 radical (unpaired) electrons. The zero-order valence-corrected chi connectivity index (χ0v) is 15.3. The molecule has 23 heavy (non-hydrogen) atoms. The van der Waals surface area contributed by atoms with Crippen molar-refractivity contribution in [2.75, 3.05) is 27.2 Å². The van der Waals surface area contributed by atoms with Gasteiger partial charge in [-0.3, -0.25) is 9.89 Å². The average molecular weight is 321 g/mol. The number of nitrogens with zero attached hydrogens (tertiary/aromatic N) is 3. The highest BCUT2D eigenvalue weighted by Gasteiger charge is 2.12. The van der Waals surface area contributed by atoms with Gasteiger partial charge >= 0.3 is 0 Å². The van der Waals surface area contributed by atoms with Crippen LogP contribution in [0.1, 0.15) is 33.3 Å². The Bertz CT molecular complexity index is 480. The molecule has 0 unspecified atom stereocenters. The van der Waals surface area contributed by atoms with Crippen molar-refractivity contribution in [1.82, 2.24) is 20.5 Å². The molecule has 0 amide bonds. The third-order valence-corrected chi connectivity index (χ3v) is 3.68. The number of ether oxygens (including phenoxy) is 1. The third kappa shape index (κ3) is 6.86. The van der Waals surface area contributed by atoms with E-state index < -0.39 is 0 Å². The van der Waals surface area contributed by atoms with Crippen LogP contribution in [0.5, 0.6) is 5.88 Å². The van der Waals surface area contributed by atoms with Crippen LogP contribution < -0.4 is 15.4 Å². The molecule has 0 aliphatic carbocycles. The van der Waals surface area contributed by atoms with E-state index in [0.717, 1.165) is 24.6 Å². The number of guanidine groups is 1. The van der Waals surface area contributed by atoms with Crippen molar-refractivity contribution in [3.8, 4) is 5.88 Å². The molecule has 0 spiro atoms. The maximum atomic E-state index is 5.13. The molecule has 130 valence electrons. The first-order valence-corrected chi connectivity index (χ1v) is 8.17. The summed E-state index contributed by atoms with van der Waals surface area (Å²) < 4.78 is 5.13. The summed E-state index contributed by atoms with van der Waals surface area (Å²) in [6.07, 6.45) is 1.75. The van der Waals surface area contributed by atoms with E-state index in [9.17, 15) is 0 Å². The molecule has 1 aromatic rings. The quantitative estimate of drug-likeness (QED) is 0.565. The van der Waals surface area contributed by atoms with Crippen LogP contribution in [0, 0.1) is 0 Å². The number of rotatable bonds is 8. The lowest BCUT2D eigenvalue weighted by Crippen LogP contribution is -2.45. The number of aromatic nitrogens is 1. The summed E-state index contributed by atoms with van der Waals surface area (Å²) in [5.74, 6) is 1.42. The highest BCUT2D eigenvalue weighted by atomic mass is 16.5. The van der Waals surface area contributed by atoms with Crippen LogP contribution in [0.15, 0.2) is 23.3 Å². The van der Waals surface area contributed by atoms with Gasteiger partial charge in [-0.05, 0) is 39.3 Å². The van der Waals surface area contributed by atoms with Crippen LogP contribution >= 0.6 is 0 Å². The lowest BCUT2D eigenvalue weighted by atomic mass is 10.2. The minimum Gasteiger partial charge on any atom is -0.481 e. The molecule has 1 heterocycles. The lowest BCUT2D eigenvalue weighted by Gasteiger charge is -2.30. The first-order chi connectivity index (χ1) is 11.0. The topological polar surface area (TPSA) is 61.8 Å². The first-order valence-electron chi connectivity index (χ1n) is 8.17. The highest BCUT2D eigenvalue weighted by molar-refractivity contribution is 5.79. The van der Waals surface area contributed by atoms with Crippen LogP contribution in [0.3, 0.4) is 0 Å². The van der Waals surface area contributed by atoms with Crippen molar-refractivity contribution in [3.63, 3.8) is 0 Å². The molecule has 0 bridgehead atoms. The molecule has 0 atom stereocenters. The monoisotopic (exact) mass is 321 g/mol. The first kappa shape index (κ1) is 19.2. The molecule has 6 heteroatoms. The fourth-order valence-electron chi connectivity index (χ4n) is 2.49. The number of aliphatic imine (C=N–C) groups is 1. The van der Waals surface area contributed by atoms with E-state index in [1.807, 2.05) is 12.1 Å². The van der Waals surface area contributed by atoms with Crippen molar-refractivity contribution in [1.29, 1.82) is 0 Å². The fourth-order valence-corrected chi connectivity index (χ4v) is 2.49. The molecule has 0 aromatic carbocycles. The number of hydrogen-bond acceptors (Lipinski definition) is 4. The van der Waals surface area contributed by atoms with Crippen LogP contribution in [0.25, 0.3) is 0 Å². The molecular weight excluding hydrogens is 290 g/mol. The minimum absolute atomic E-state index is 0.538. The Labute approximate surface area is 140 Å². The average Bonchev–Trinajstić information content (AvgIpc) is 2.53. The summed E-state index contributed by atoms with van der Waals surface area (Å²) in [6, 6.07) is 4.95. The zero-order valence-electron chi connectivity index (χ0n) is 15.3.